The lowest BCUT2D eigenvalue weighted by Gasteiger charge is -2.34. The minimum absolute atomic E-state index is 0.188. The Hall–Kier alpha value is -1.36. The zero-order chi connectivity index (χ0) is 16.9. The molecule has 1 aliphatic heterocycles. The van der Waals surface area contributed by atoms with Crippen molar-refractivity contribution in [2.24, 2.45) is 5.92 Å². The van der Waals surface area contributed by atoms with Crippen molar-refractivity contribution in [1.29, 1.82) is 0 Å². The van der Waals surface area contributed by atoms with E-state index in [4.69, 9.17) is 4.74 Å². The summed E-state index contributed by atoms with van der Waals surface area (Å²) in [6.07, 6.45) is 4.08. The van der Waals surface area contributed by atoms with Crippen LogP contribution in [0.3, 0.4) is 0 Å². The summed E-state index contributed by atoms with van der Waals surface area (Å²) in [6.45, 7) is 8.18. The summed E-state index contributed by atoms with van der Waals surface area (Å²) in [5.74, 6) is 0.469. The molecule has 1 heterocycles. The van der Waals surface area contributed by atoms with Crippen LogP contribution in [0.15, 0.2) is 29.2 Å². The number of carbonyl (C=O) groups excluding carboxylic acids is 1. The van der Waals surface area contributed by atoms with E-state index in [9.17, 15) is 4.79 Å². The molecule has 0 spiro atoms. The number of benzene rings is 1. The van der Waals surface area contributed by atoms with Gasteiger partial charge in [0.1, 0.15) is 5.60 Å². The highest BCUT2D eigenvalue weighted by Crippen LogP contribution is 2.21. The second kappa shape index (κ2) is 7.95. The van der Waals surface area contributed by atoms with E-state index in [0.29, 0.717) is 5.92 Å². The van der Waals surface area contributed by atoms with Crippen LogP contribution in [0.1, 0.15) is 33.6 Å². The van der Waals surface area contributed by atoms with E-state index < -0.39 is 5.60 Å². The molecule has 1 aromatic rings. The second-order valence-electron chi connectivity index (χ2n) is 7.04. The lowest BCUT2D eigenvalue weighted by molar-refractivity contribution is 0.0172. The highest BCUT2D eigenvalue weighted by molar-refractivity contribution is 7.98. The molecular formula is C18H28N2O2S. The average molecular weight is 337 g/mol. The molecule has 1 fully saturated rings. The predicted molar refractivity (Wildman–Crippen MR) is 97.2 cm³/mol. The van der Waals surface area contributed by atoms with Crippen LogP contribution in [0, 0.1) is 5.92 Å². The largest absolute Gasteiger partial charge is 0.444 e. The molecular weight excluding hydrogens is 308 g/mol. The van der Waals surface area contributed by atoms with Crippen molar-refractivity contribution in [3.8, 4) is 0 Å². The van der Waals surface area contributed by atoms with Crippen molar-refractivity contribution in [3.63, 3.8) is 0 Å². The normalized spacial score (nSPS) is 18.6. The summed E-state index contributed by atoms with van der Waals surface area (Å²) in [4.78, 5) is 15.3. The lowest BCUT2D eigenvalue weighted by atomic mass is 9.98. The van der Waals surface area contributed by atoms with Gasteiger partial charge in [-0.05, 0) is 70.1 Å². The monoisotopic (exact) mass is 336 g/mol. The number of thioether (sulfide) groups is 1. The van der Waals surface area contributed by atoms with Crippen LogP contribution in [0.5, 0.6) is 0 Å². The van der Waals surface area contributed by atoms with Gasteiger partial charge in [-0.25, -0.2) is 4.79 Å². The van der Waals surface area contributed by atoms with Gasteiger partial charge in [-0.2, -0.15) is 0 Å². The Kier molecular flexibility index (Phi) is 6.22. The fourth-order valence-corrected chi connectivity index (χ4v) is 3.10. The van der Waals surface area contributed by atoms with Crippen LogP contribution in [0.2, 0.25) is 0 Å². The van der Waals surface area contributed by atoms with E-state index in [2.05, 4.69) is 35.8 Å². The zero-order valence-electron chi connectivity index (χ0n) is 14.6. The van der Waals surface area contributed by atoms with Crippen molar-refractivity contribution >= 4 is 23.5 Å². The number of hydrogen-bond acceptors (Lipinski definition) is 4. The van der Waals surface area contributed by atoms with Crippen molar-refractivity contribution in [3.05, 3.63) is 24.3 Å². The van der Waals surface area contributed by atoms with E-state index in [-0.39, 0.29) is 6.09 Å². The maximum absolute atomic E-state index is 12.2. The van der Waals surface area contributed by atoms with Crippen LogP contribution in [-0.4, -0.2) is 42.5 Å². The Bertz CT molecular complexity index is 511. The molecule has 5 heteroatoms. The van der Waals surface area contributed by atoms with E-state index in [1.807, 2.05) is 25.7 Å². The molecule has 1 N–H and O–H groups in total. The standard InChI is InChI=1S/C18H28N2O2S/c1-18(2,3)22-17(21)20-11-5-6-14(13-20)12-19-15-7-9-16(23-4)10-8-15/h7-10,14,19H,5-6,11-13H2,1-4H3. The first-order valence-corrected chi connectivity index (χ1v) is 9.46. The summed E-state index contributed by atoms with van der Waals surface area (Å²) in [5.41, 5.74) is 0.707. The van der Waals surface area contributed by atoms with Crippen LogP contribution in [0.25, 0.3) is 0 Å². The van der Waals surface area contributed by atoms with Gasteiger partial charge >= 0.3 is 6.09 Å². The van der Waals surface area contributed by atoms with Gasteiger partial charge in [-0.15, -0.1) is 11.8 Å². The summed E-state index contributed by atoms with van der Waals surface area (Å²) in [6, 6.07) is 8.47. The molecule has 2 rings (SSSR count). The Morgan fingerprint density at radius 2 is 2.04 bits per heavy atom. The van der Waals surface area contributed by atoms with Crippen LogP contribution < -0.4 is 5.32 Å². The number of anilines is 1. The van der Waals surface area contributed by atoms with Crippen LogP contribution >= 0.6 is 11.8 Å². The minimum atomic E-state index is -0.429. The smallest absolute Gasteiger partial charge is 0.410 e. The quantitative estimate of drug-likeness (QED) is 0.824. The molecule has 1 atom stereocenters. The third-order valence-corrected chi connectivity index (χ3v) is 4.60. The van der Waals surface area contributed by atoms with E-state index in [1.165, 1.54) is 4.90 Å². The highest BCUT2D eigenvalue weighted by atomic mass is 32.2. The maximum Gasteiger partial charge on any atom is 0.410 e. The fraction of sp³-hybridized carbons (Fsp3) is 0.611. The van der Waals surface area contributed by atoms with Gasteiger partial charge in [0.05, 0.1) is 0 Å². The third kappa shape index (κ3) is 5.98. The van der Waals surface area contributed by atoms with Gasteiger partial charge in [0.25, 0.3) is 0 Å². The number of likely N-dealkylation sites (tertiary alicyclic amines) is 1. The summed E-state index contributed by atoms with van der Waals surface area (Å²) in [5, 5.41) is 3.49. The van der Waals surface area contributed by atoms with Gasteiger partial charge in [0.15, 0.2) is 0 Å². The minimum Gasteiger partial charge on any atom is -0.444 e. The fourth-order valence-electron chi connectivity index (χ4n) is 2.70. The Labute approximate surface area is 144 Å². The number of nitrogens with zero attached hydrogens (tertiary/aromatic N) is 1. The molecule has 0 bridgehead atoms. The number of nitrogens with one attached hydrogen (secondary N) is 1. The van der Waals surface area contributed by atoms with E-state index in [0.717, 1.165) is 38.2 Å². The molecule has 0 aliphatic carbocycles. The molecule has 4 nitrogen and oxygen atoms in total. The summed E-state index contributed by atoms with van der Waals surface area (Å²) in [7, 11) is 0. The average Bonchev–Trinajstić information content (AvgIpc) is 2.52. The molecule has 1 aromatic carbocycles. The Morgan fingerprint density at radius 1 is 1.35 bits per heavy atom. The molecule has 1 saturated heterocycles. The Balaban J connectivity index is 1.82. The van der Waals surface area contributed by atoms with E-state index in [1.54, 1.807) is 11.8 Å². The summed E-state index contributed by atoms with van der Waals surface area (Å²) >= 11 is 1.75. The van der Waals surface area contributed by atoms with Crippen LogP contribution in [0.4, 0.5) is 10.5 Å². The van der Waals surface area contributed by atoms with Gasteiger partial charge in [0, 0.05) is 30.2 Å². The lowest BCUT2D eigenvalue weighted by Crippen LogP contribution is -2.44. The number of carbonyl (C=O) groups is 1. The molecule has 1 aliphatic rings. The SMILES string of the molecule is CSc1ccc(NCC2CCCN(C(=O)OC(C)(C)C)C2)cc1. The van der Waals surface area contributed by atoms with Gasteiger partial charge in [-0.1, -0.05) is 0 Å². The predicted octanol–water partition coefficient (Wildman–Crippen LogP) is 4.47. The number of piperidine rings is 1. The highest BCUT2D eigenvalue weighted by Gasteiger charge is 2.27. The molecule has 0 saturated carbocycles. The number of rotatable bonds is 4. The summed E-state index contributed by atoms with van der Waals surface area (Å²) < 4.78 is 5.48. The van der Waals surface area contributed by atoms with Crippen molar-refractivity contribution < 1.29 is 9.53 Å². The number of hydrogen-bond donors (Lipinski definition) is 1. The molecule has 1 unspecified atom stereocenters. The second-order valence-corrected chi connectivity index (χ2v) is 7.92. The maximum atomic E-state index is 12.2. The van der Waals surface area contributed by atoms with E-state index >= 15 is 0 Å². The number of amides is 1. The topological polar surface area (TPSA) is 41.6 Å². The first-order chi connectivity index (χ1) is 10.9. The van der Waals surface area contributed by atoms with Crippen molar-refractivity contribution in [2.45, 2.75) is 44.1 Å². The first kappa shape index (κ1) is 18.0. The third-order valence-electron chi connectivity index (χ3n) is 3.86. The number of ether oxygens (including phenoxy) is 1. The van der Waals surface area contributed by atoms with Crippen molar-refractivity contribution in [2.75, 3.05) is 31.2 Å². The van der Waals surface area contributed by atoms with Crippen LogP contribution in [-0.2, 0) is 4.74 Å². The van der Waals surface area contributed by atoms with Gasteiger partial charge in [0.2, 0.25) is 0 Å². The Morgan fingerprint density at radius 3 is 2.65 bits per heavy atom. The zero-order valence-corrected chi connectivity index (χ0v) is 15.4. The van der Waals surface area contributed by atoms with Gasteiger partial charge in [-0.3, -0.25) is 0 Å². The molecule has 0 aromatic heterocycles. The van der Waals surface area contributed by atoms with Gasteiger partial charge < -0.3 is 15.0 Å². The molecule has 0 radical (unpaired) electrons. The molecule has 128 valence electrons. The first-order valence-electron chi connectivity index (χ1n) is 8.23. The van der Waals surface area contributed by atoms with Crippen molar-refractivity contribution in [1.82, 2.24) is 4.90 Å². The molecule has 23 heavy (non-hydrogen) atoms. The molecule has 1 amide bonds.